The fourth-order valence-corrected chi connectivity index (χ4v) is 1.70. The van der Waals surface area contributed by atoms with Gasteiger partial charge < -0.3 is 16.3 Å². The van der Waals surface area contributed by atoms with Crippen molar-refractivity contribution < 1.29 is 14.4 Å². The van der Waals surface area contributed by atoms with Gasteiger partial charge in [-0.1, -0.05) is 17.3 Å². The van der Waals surface area contributed by atoms with Crippen LogP contribution in [0, 0.1) is 25.6 Å². The van der Waals surface area contributed by atoms with Crippen molar-refractivity contribution in [2.75, 3.05) is 0 Å². The Hall–Kier alpha value is -2.11. The minimum Gasteiger partial charge on any atom is -0.409 e. The van der Waals surface area contributed by atoms with Crippen molar-refractivity contribution in [3.05, 3.63) is 34.6 Å². The molecule has 0 spiro atoms. The van der Waals surface area contributed by atoms with Crippen LogP contribution in [-0.4, -0.2) is 17.0 Å². The van der Waals surface area contributed by atoms with Gasteiger partial charge in [0, 0.05) is 6.54 Å². The first-order valence-corrected chi connectivity index (χ1v) is 5.87. The number of benzene rings is 1. The molecule has 0 radical (unpaired) electrons. The predicted molar refractivity (Wildman–Crippen MR) is 70.3 cm³/mol. The minimum atomic E-state index is -0.715. The summed E-state index contributed by atoms with van der Waals surface area (Å²) in [6.45, 7) is 5.15. The van der Waals surface area contributed by atoms with Crippen LogP contribution in [0.3, 0.4) is 0 Å². The summed E-state index contributed by atoms with van der Waals surface area (Å²) in [6.07, 6.45) is 0. The third-order valence-corrected chi connectivity index (χ3v) is 2.92. The molecule has 1 unspecified atom stereocenters. The first-order valence-electron chi connectivity index (χ1n) is 5.87. The van der Waals surface area contributed by atoms with E-state index >= 15 is 0 Å². The molecular formula is C13H18FN3O2. The summed E-state index contributed by atoms with van der Waals surface area (Å²) in [5.41, 5.74) is 7.22. The average Bonchev–Trinajstić information content (AvgIpc) is 2.40. The minimum absolute atomic E-state index is 0.149. The van der Waals surface area contributed by atoms with Crippen LogP contribution in [0.4, 0.5) is 4.39 Å². The molecule has 0 aromatic heterocycles. The number of oxime groups is 1. The summed E-state index contributed by atoms with van der Waals surface area (Å²) in [4.78, 5) is 11.7. The lowest BCUT2D eigenvalue weighted by Crippen LogP contribution is -2.36. The summed E-state index contributed by atoms with van der Waals surface area (Å²) in [6, 6.07) is 3.35. The molecule has 0 aliphatic carbocycles. The van der Waals surface area contributed by atoms with E-state index in [0.29, 0.717) is 11.1 Å². The monoisotopic (exact) mass is 267 g/mol. The fourth-order valence-electron chi connectivity index (χ4n) is 1.70. The van der Waals surface area contributed by atoms with Crippen LogP contribution in [0.5, 0.6) is 0 Å². The van der Waals surface area contributed by atoms with Crippen molar-refractivity contribution in [3.8, 4) is 0 Å². The van der Waals surface area contributed by atoms with Gasteiger partial charge in [-0.05, 0) is 37.5 Å². The molecule has 0 aliphatic rings. The third-order valence-electron chi connectivity index (χ3n) is 2.92. The quantitative estimate of drug-likeness (QED) is 0.334. The molecule has 1 atom stereocenters. The number of carbonyl (C=O) groups is 1. The summed E-state index contributed by atoms with van der Waals surface area (Å²) in [5, 5.41) is 13.9. The Balaban J connectivity index is 2.70. The highest BCUT2D eigenvalue weighted by atomic mass is 19.1. The predicted octanol–water partition coefficient (Wildman–Crippen LogP) is 1.44. The highest BCUT2D eigenvalue weighted by molar-refractivity contribution is 6.01. The number of carbonyl (C=O) groups excluding carboxylic acids is 1. The lowest BCUT2D eigenvalue weighted by molar-refractivity contribution is -0.122. The number of amidine groups is 1. The van der Waals surface area contributed by atoms with E-state index in [1.807, 2.05) is 0 Å². The Morgan fingerprint density at radius 1 is 1.47 bits per heavy atom. The molecule has 0 fully saturated rings. The number of rotatable bonds is 4. The number of nitrogens with one attached hydrogen (secondary N) is 1. The molecule has 0 bridgehead atoms. The zero-order valence-corrected chi connectivity index (χ0v) is 11.2. The van der Waals surface area contributed by atoms with Crippen molar-refractivity contribution >= 4 is 11.7 Å². The van der Waals surface area contributed by atoms with Crippen molar-refractivity contribution in [1.82, 2.24) is 5.32 Å². The van der Waals surface area contributed by atoms with E-state index in [9.17, 15) is 9.18 Å². The molecule has 4 N–H and O–H groups in total. The smallest absolute Gasteiger partial charge is 0.230 e. The maximum absolute atomic E-state index is 13.4. The Morgan fingerprint density at radius 3 is 2.47 bits per heavy atom. The second-order valence-corrected chi connectivity index (χ2v) is 4.51. The number of hydrogen-bond donors (Lipinski definition) is 3. The van der Waals surface area contributed by atoms with Crippen LogP contribution < -0.4 is 11.1 Å². The van der Waals surface area contributed by atoms with Gasteiger partial charge in [0.1, 0.15) is 5.82 Å². The SMILES string of the molecule is Cc1cc(CNC(=O)C(C)C(N)=NO)cc(C)c1F. The third kappa shape index (κ3) is 3.67. The van der Waals surface area contributed by atoms with E-state index in [1.165, 1.54) is 6.92 Å². The van der Waals surface area contributed by atoms with Gasteiger partial charge in [0.05, 0.1) is 5.92 Å². The van der Waals surface area contributed by atoms with Gasteiger partial charge in [0.25, 0.3) is 0 Å². The van der Waals surface area contributed by atoms with E-state index in [4.69, 9.17) is 10.9 Å². The molecular weight excluding hydrogens is 249 g/mol. The number of nitrogens with zero attached hydrogens (tertiary/aromatic N) is 1. The van der Waals surface area contributed by atoms with E-state index in [1.54, 1.807) is 26.0 Å². The van der Waals surface area contributed by atoms with Gasteiger partial charge >= 0.3 is 0 Å². The van der Waals surface area contributed by atoms with E-state index in [0.717, 1.165) is 5.56 Å². The Kier molecular flexibility index (Phi) is 4.86. The van der Waals surface area contributed by atoms with Gasteiger partial charge in [0.2, 0.25) is 5.91 Å². The number of hydrogen-bond acceptors (Lipinski definition) is 3. The second-order valence-electron chi connectivity index (χ2n) is 4.51. The van der Waals surface area contributed by atoms with Crippen molar-refractivity contribution in [2.24, 2.45) is 16.8 Å². The number of aryl methyl sites for hydroxylation is 2. The van der Waals surface area contributed by atoms with Crippen LogP contribution >= 0.6 is 0 Å². The fraction of sp³-hybridized carbons (Fsp3) is 0.385. The lowest BCUT2D eigenvalue weighted by Gasteiger charge is -2.12. The molecule has 5 nitrogen and oxygen atoms in total. The first kappa shape index (κ1) is 14.9. The molecule has 0 saturated carbocycles. The standard InChI is InChI=1S/C13H18FN3O2/c1-7-4-10(5-8(2)11(7)14)6-16-13(18)9(3)12(15)17-19/h4-5,9,19H,6H2,1-3H3,(H2,15,17)(H,16,18). The molecule has 1 rings (SSSR count). The second kappa shape index (κ2) is 6.17. The number of amides is 1. The van der Waals surface area contributed by atoms with E-state index < -0.39 is 5.92 Å². The summed E-state index contributed by atoms with van der Waals surface area (Å²) in [5.74, 6) is -1.45. The number of halogens is 1. The van der Waals surface area contributed by atoms with Crippen molar-refractivity contribution in [3.63, 3.8) is 0 Å². The highest BCUT2D eigenvalue weighted by Crippen LogP contribution is 2.14. The molecule has 0 saturated heterocycles. The van der Waals surface area contributed by atoms with Crippen LogP contribution in [0.25, 0.3) is 0 Å². The molecule has 6 heteroatoms. The van der Waals surface area contributed by atoms with Crippen molar-refractivity contribution in [2.45, 2.75) is 27.3 Å². The number of nitrogens with two attached hydrogens (primary N) is 1. The average molecular weight is 267 g/mol. The molecule has 0 heterocycles. The maximum Gasteiger partial charge on any atom is 0.230 e. The highest BCUT2D eigenvalue weighted by Gasteiger charge is 2.17. The summed E-state index contributed by atoms with van der Waals surface area (Å²) < 4.78 is 13.4. The summed E-state index contributed by atoms with van der Waals surface area (Å²) in [7, 11) is 0. The van der Waals surface area contributed by atoms with Gasteiger partial charge in [-0.25, -0.2) is 4.39 Å². The molecule has 0 aliphatic heterocycles. The molecule has 1 amide bonds. The largest absolute Gasteiger partial charge is 0.409 e. The lowest BCUT2D eigenvalue weighted by atomic mass is 10.1. The van der Waals surface area contributed by atoms with E-state index in [-0.39, 0.29) is 24.1 Å². The summed E-state index contributed by atoms with van der Waals surface area (Å²) >= 11 is 0. The van der Waals surface area contributed by atoms with Crippen LogP contribution in [-0.2, 0) is 11.3 Å². The maximum atomic E-state index is 13.4. The van der Waals surface area contributed by atoms with Crippen LogP contribution in [0.15, 0.2) is 17.3 Å². The zero-order valence-electron chi connectivity index (χ0n) is 11.2. The molecule has 104 valence electrons. The Bertz CT molecular complexity index is 492. The Labute approximate surface area is 111 Å². The van der Waals surface area contributed by atoms with Crippen LogP contribution in [0.2, 0.25) is 0 Å². The van der Waals surface area contributed by atoms with Gasteiger partial charge in [-0.3, -0.25) is 4.79 Å². The van der Waals surface area contributed by atoms with Crippen molar-refractivity contribution in [1.29, 1.82) is 0 Å². The van der Waals surface area contributed by atoms with Gasteiger partial charge in [-0.2, -0.15) is 0 Å². The zero-order chi connectivity index (χ0) is 14.6. The van der Waals surface area contributed by atoms with E-state index in [2.05, 4.69) is 10.5 Å². The van der Waals surface area contributed by atoms with Gasteiger partial charge in [0.15, 0.2) is 5.84 Å². The molecule has 19 heavy (non-hydrogen) atoms. The Morgan fingerprint density at radius 2 is 2.00 bits per heavy atom. The van der Waals surface area contributed by atoms with Gasteiger partial charge in [-0.15, -0.1) is 0 Å². The normalized spacial score (nSPS) is 13.2. The van der Waals surface area contributed by atoms with Crippen LogP contribution in [0.1, 0.15) is 23.6 Å². The molecule has 1 aromatic carbocycles. The molecule has 1 aromatic rings. The first-order chi connectivity index (χ1) is 8.86. The topological polar surface area (TPSA) is 87.7 Å².